The minimum Gasteiger partial charge on any atom is -0.324 e. The van der Waals surface area contributed by atoms with Crippen LogP contribution in [0.3, 0.4) is 0 Å². The highest BCUT2D eigenvalue weighted by atomic mass is 16.1. The molecular formula is C15H18N4O2. The fourth-order valence-corrected chi connectivity index (χ4v) is 1.98. The molecule has 6 nitrogen and oxygen atoms in total. The SMILES string of the molecule is CCC(=O)c1ncc(-c2cnn(CC)c2)cc1NC(C)=O. The van der Waals surface area contributed by atoms with Crippen LogP contribution >= 0.6 is 0 Å². The molecule has 6 heteroatoms. The maximum atomic E-state index is 11.9. The molecule has 0 saturated carbocycles. The van der Waals surface area contributed by atoms with E-state index in [1.165, 1.54) is 6.92 Å². The second kappa shape index (κ2) is 6.30. The van der Waals surface area contributed by atoms with Gasteiger partial charge in [0.15, 0.2) is 5.78 Å². The van der Waals surface area contributed by atoms with Crippen molar-refractivity contribution < 1.29 is 9.59 Å². The first-order valence-corrected chi connectivity index (χ1v) is 6.88. The molecule has 0 fully saturated rings. The van der Waals surface area contributed by atoms with E-state index in [1.807, 2.05) is 13.1 Å². The third-order valence-electron chi connectivity index (χ3n) is 3.07. The minimum absolute atomic E-state index is 0.102. The number of amides is 1. The predicted octanol–water partition coefficient (Wildman–Crippen LogP) is 2.52. The van der Waals surface area contributed by atoms with E-state index in [1.54, 1.807) is 30.1 Å². The molecule has 21 heavy (non-hydrogen) atoms. The van der Waals surface area contributed by atoms with Crippen LogP contribution in [-0.2, 0) is 11.3 Å². The van der Waals surface area contributed by atoms with Crippen molar-refractivity contribution in [1.82, 2.24) is 14.8 Å². The number of hydrogen-bond donors (Lipinski definition) is 1. The average molecular weight is 286 g/mol. The van der Waals surface area contributed by atoms with E-state index >= 15 is 0 Å². The van der Waals surface area contributed by atoms with E-state index in [0.29, 0.717) is 17.8 Å². The van der Waals surface area contributed by atoms with Crippen LogP contribution in [0.25, 0.3) is 11.1 Å². The smallest absolute Gasteiger partial charge is 0.221 e. The van der Waals surface area contributed by atoms with Gasteiger partial charge in [0.05, 0.1) is 11.9 Å². The van der Waals surface area contributed by atoms with E-state index in [2.05, 4.69) is 15.4 Å². The summed E-state index contributed by atoms with van der Waals surface area (Å²) in [7, 11) is 0. The van der Waals surface area contributed by atoms with Crippen LogP contribution < -0.4 is 5.32 Å². The van der Waals surface area contributed by atoms with Gasteiger partial charge in [-0.15, -0.1) is 0 Å². The number of aryl methyl sites for hydroxylation is 1. The second-order valence-electron chi connectivity index (χ2n) is 4.66. The summed E-state index contributed by atoms with van der Waals surface area (Å²) >= 11 is 0. The van der Waals surface area contributed by atoms with Crippen LogP contribution in [-0.4, -0.2) is 26.5 Å². The van der Waals surface area contributed by atoms with Crippen LogP contribution in [0.1, 0.15) is 37.7 Å². The van der Waals surface area contributed by atoms with Crippen molar-refractivity contribution >= 4 is 17.4 Å². The summed E-state index contributed by atoms with van der Waals surface area (Å²) < 4.78 is 1.80. The van der Waals surface area contributed by atoms with Gasteiger partial charge in [-0.1, -0.05) is 6.92 Å². The zero-order valence-electron chi connectivity index (χ0n) is 12.4. The summed E-state index contributed by atoms with van der Waals surface area (Å²) in [4.78, 5) is 27.4. The summed E-state index contributed by atoms with van der Waals surface area (Å²) in [6.45, 7) is 5.95. The number of nitrogens with zero attached hydrogens (tertiary/aromatic N) is 3. The number of Topliss-reactive ketones (excluding diaryl/α,β-unsaturated/α-hetero) is 1. The first-order chi connectivity index (χ1) is 10.0. The lowest BCUT2D eigenvalue weighted by Gasteiger charge is -2.09. The Morgan fingerprint density at radius 3 is 2.57 bits per heavy atom. The summed E-state index contributed by atoms with van der Waals surface area (Å²) in [6.07, 6.45) is 5.60. The Kier molecular flexibility index (Phi) is 4.47. The summed E-state index contributed by atoms with van der Waals surface area (Å²) in [5, 5.41) is 6.88. The number of hydrogen-bond acceptors (Lipinski definition) is 4. The third-order valence-corrected chi connectivity index (χ3v) is 3.07. The molecule has 2 aromatic heterocycles. The Labute approximate surface area is 123 Å². The second-order valence-corrected chi connectivity index (χ2v) is 4.66. The van der Waals surface area contributed by atoms with Gasteiger partial charge in [-0.05, 0) is 13.0 Å². The predicted molar refractivity (Wildman–Crippen MR) is 80.1 cm³/mol. The normalized spacial score (nSPS) is 10.4. The highest BCUT2D eigenvalue weighted by Crippen LogP contribution is 2.24. The molecule has 0 aliphatic carbocycles. The molecule has 0 bridgehead atoms. The summed E-state index contributed by atoms with van der Waals surface area (Å²) in [6, 6.07) is 1.76. The van der Waals surface area contributed by atoms with Gasteiger partial charge in [-0.3, -0.25) is 19.3 Å². The van der Waals surface area contributed by atoms with Crippen LogP contribution in [0.15, 0.2) is 24.7 Å². The molecule has 0 saturated heterocycles. The maximum absolute atomic E-state index is 11.9. The monoisotopic (exact) mass is 286 g/mol. The number of carbonyl (C=O) groups is 2. The molecule has 0 spiro atoms. The maximum Gasteiger partial charge on any atom is 0.221 e. The van der Waals surface area contributed by atoms with E-state index in [9.17, 15) is 9.59 Å². The quantitative estimate of drug-likeness (QED) is 0.857. The van der Waals surface area contributed by atoms with Crippen molar-refractivity contribution in [2.75, 3.05) is 5.32 Å². The molecule has 2 heterocycles. The number of anilines is 1. The third kappa shape index (κ3) is 3.34. The molecule has 0 aliphatic heterocycles. The molecule has 2 aromatic rings. The van der Waals surface area contributed by atoms with Crippen LogP contribution in [0.2, 0.25) is 0 Å². The lowest BCUT2D eigenvalue weighted by Crippen LogP contribution is -2.12. The van der Waals surface area contributed by atoms with Gasteiger partial charge in [0.2, 0.25) is 5.91 Å². The highest BCUT2D eigenvalue weighted by molar-refractivity contribution is 6.03. The Hall–Kier alpha value is -2.50. The number of rotatable bonds is 5. The minimum atomic E-state index is -0.233. The fraction of sp³-hybridized carbons (Fsp3) is 0.333. The molecule has 0 unspecified atom stereocenters. The first kappa shape index (κ1) is 14.9. The van der Waals surface area contributed by atoms with Crippen LogP contribution in [0.4, 0.5) is 5.69 Å². The number of pyridine rings is 1. The van der Waals surface area contributed by atoms with Gasteiger partial charge in [0, 0.05) is 43.4 Å². The Bertz CT molecular complexity index is 676. The Morgan fingerprint density at radius 1 is 1.24 bits per heavy atom. The van der Waals surface area contributed by atoms with E-state index in [4.69, 9.17) is 0 Å². The van der Waals surface area contributed by atoms with Gasteiger partial charge in [0.25, 0.3) is 0 Å². The Morgan fingerprint density at radius 2 is 2.00 bits per heavy atom. The van der Waals surface area contributed by atoms with Crippen LogP contribution in [0.5, 0.6) is 0 Å². The topological polar surface area (TPSA) is 76.9 Å². The van der Waals surface area contributed by atoms with Crippen molar-refractivity contribution in [2.45, 2.75) is 33.7 Å². The molecule has 1 N–H and O–H groups in total. The fourth-order valence-electron chi connectivity index (χ4n) is 1.98. The van der Waals surface area contributed by atoms with Crippen molar-refractivity contribution in [3.8, 4) is 11.1 Å². The zero-order valence-corrected chi connectivity index (χ0v) is 12.4. The van der Waals surface area contributed by atoms with Crippen LogP contribution in [0, 0.1) is 0 Å². The van der Waals surface area contributed by atoms with Crippen molar-refractivity contribution in [3.05, 3.63) is 30.4 Å². The Balaban J connectivity index is 2.45. The number of ketones is 1. The molecule has 0 atom stereocenters. The number of carbonyl (C=O) groups excluding carboxylic acids is 2. The summed E-state index contributed by atoms with van der Waals surface area (Å²) in [5.41, 5.74) is 2.44. The molecule has 2 rings (SSSR count). The largest absolute Gasteiger partial charge is 0.324 e. The highest BCUT2D eigenvalue weighted by Gasteiger charge is 2.14. The van der Waals surface area contributed by atoms with E-state index in [-0.39, 0.29) is 11.7 Å². The lowest BCUT2D eigenvalue weighted by molar-refractivity contribution is -0.114. The molecule has 1 amide bonds. The van der Waals surface area contributed by atoms with Crippen molar-refractivity contribution in [3.63, 3.8) is 0 Å². The van der Waals surface area contributed by atoms with E-state index in [0.717, 1.165) is 17.7 Å². The zero-order chi connectivity index (χ0) is 15.4. The number of aromatic nitrogens is 3. The molecule has 110 valence electrons. The molecule has 0 aromatic carbocycles. The molecule has 0 aliphatic rings. The van der Waals surface area contributed by atoms with Crippen molar-refractivity contribution in [2.24, 2.45) is 0 Å². The van der Waals surface area contributed by atoms with Gasteiger partial charge in [-0.2, -0.15) is 5.10 Å². The van der Waals surface area contributed by atoms with Gasteiger partial charge in [-0.25, -0.2) is 0 Å². The summed E-state index contributed by atoms with van der Waals surface area (Å²) in [5.74, 6) is -0.335. The van der Waals surface area contributed by atoms with Crippen molar-refractivity contribution in [1.29, 1.82) is 0 Å². The average Bonchev–Trinajstić information content (AvgIpc) is 2.94. The standard InChI is InChI=1S/C15H18N4O2/c1-4-14(21)15-13(18-10(3)20)6-11(7-16-15)12-8-17-19(5-2)9-12/h6-9H,4-5H2,1-3H3,(H,18,20). The van der Waals surface area contributed by atoms with Gasteiger partial charge >= 0.3 is 0 Å². The van der Waals surface area contributed by atoms with Gasteiger partial charge < -0.3 is 5.32 Å². The number of nitrogens with one attached hydrogen (secondary N) is 1. The molecular weight excluding hydrogens is 268 g/mol. The first-order valence-electron chi connectivity index (χ1n) is 6.88. The lowest BCUT2D eigenvalue weighted by atomic mass is 10.1. The van der Waals surface area contributed by atoms with Gasteiger partial charge in [0.1, 0.15) is 5.69 Å². The molecule has 0 radical (unpaired) electrons. The van der Waals surface area contributed by atoms with E-state index < -0.39 is 0 Å².